The van der Waals surface area contributed by atoms with E-state index in [0.717, 1.165) is 22.4 Å². The molecule has 2 nitrogen and oxygen atoms in total. The lowest BCUT2D eigenvalue weighted by atomic mass is 9.99. The van der Waals surface area contributed by atoms with Crippen LogP contribution in [0, 0.1) is 5.82 Å². The Balaban J connectivity index is 1.89. The van der Waals surface area contributed by atoms with E-state index >= 15 is 0 Å². The highest BCUT2D eigenvalue weighted by Gasteiger charge is 2.20. The molecular weight excluding hydrogens is 253 g/mol. The third-order valence-electron chi connectivity index (χ3n) is 3.63. The lowest BCUT2D eigenvalue weighted by molar-refractivity contribution is 0.415. The Morgan fingerprint density at radius 1 is 1.15 bits per heavy atom. The first-order valence-electron chi connectivity index (χ1n) is 6.92. The largest absolute Gasteiger partial charge is 0.497 e. The maximum atomic E-state index is 13.5. The SMILES string of the molecule is COc1ccc(-c2ccc(F)cc2CNC2CC2)cc1. The normalized spacial score (nSPS) is 14.3. The van der Waals surface area contributed by atoms with Gasteiger partial charge in [-0.05, 0) is 53.8 Å². The molecule has 0 bridgehead atoms. The van der Waals surface area contributed by atoms with Crippen LogP contribution < -0.4 is 10.1 Å². The van der Waals surface area contributed by atoms with Crippen LogP contribution in [0.15, 0.2) is 42.5 Å². The van der Waals surface area contributed by atoms with Crippen molar-refractivity contribution in [3.63, 3.8) is 0 Å². The maximum absolute atomic E-state index is 13.5. The summed E-state index contributed by atoms with van der Waals surface area (Å²) in [6, 6.07) is 13.5. The molecule has 0 spiro atoms. The lowest BCUT2D eigenvalue weighted by Gasteiger charge is -2.11. The van der Waals surface area contributed by atoms with E-state index in [4.69, 9.17) is 4.74 Å². The van der Waals surface area contributed by atoms with E-state index in [2.05, 4.69) is 5.32 Å². The fourth-order valence-electron chi connectivity index (χ4n) is 2.30. The number of halogens is 1. The first-order valence-corrected chi connectivity index (χ1v) is 6.92. The maximum Gasteiger partial charge on any atom is 0.123 e. The van der Waals surface area contributed by atoms with Gasteiger partial charge in [0.05, 0.1) is 7.11 Å². The van der Waals surface area contributed by atoms with Crippen molar-refractivity contribution >= 4 is 0 Å². The minimum absolute atomic E-state index is 0.185. The first kappa shape index (κ1) is 13.1. The molecule has 0 amide bonds. The smallest absolute Gasteiger partial charge is 0.123 e. The molecule has 0 unspecified atom stereocenters. The number of ether oxygens (including phenoxy) is 1. The van der Waals surface area contributed by atoms with Crippen molar-refractivity contribution in [1.82, 2.24) is 5.32 Å². The second kappa shape index (κ2) is 5.63. The molecule has 0 aliphatic heterocycles. The van der Waals surface area contributed by atoms with E-state index < -0.39 is 0 Å². The fourth-order valence-corrected chi connectivity index (χ4v) is 2.30. The monoisotopic (exact) mass is 271 g/mol. The van der Waals surface area contributed by atoms with Gasteiger partial charge in [-0.15, -0.1) is 0 Å². The van der Waals surface area contributed by atoms with Gasteiger partial charge in [0, 0.05) is 12.6 Å². The molecule has 20 heavy (non-hydrogen) atoms. The molecule has 0 heterocycles. The van der Waals surface area contributed by atoms with Crippen molar-refractivity contribution in [3.05, 3.63) is 53.8 Å². The molecule has 0 atom stereocenters. The van der Waals surface area contributed by atoms with Crippen LogP contribution in [-0.2, 0) is 6.54 Å². The topological polar surface area (TPSA) is 21.3 Å². The highest BCUT2D eigenvalue weighted by molar-refractivity contribution is 5.68. The number of benzene rings is 2. The summed E-state index contributed by atoms with van der Waals surface area (Å²) in [6.07, 6.45) is 2.46. The van der Waals surface area contributed by atoms with Gasteiger partial charge in [0.1, 0.15) is 11.6 Å². The third kappa shape index (κ3) is 2.99. The van der Waals surface area contributed by atoms with Crippen molar-refractivity contribution in [1.29, 1.82) is 0 Å². The minimum atomic E-state index is -0.185. The summed E-state index contributed by atoms with van der Waals surface area (Å²) < 4.78 is 18.6. The highest BCUT2D eigenvalue weighted by Crippen LogP contribution is 2.27. The number of hydrogen-bond acceptors (Lipinski definition) is 2. The van der Waals surface area contributed by atoms with Crippen LogP contribution in [0.25, 0.3) is 11.1 Å². The average Bonchev–Trinajstić information content (AvgIpc) is 3.30. The number of rotatable bonds is 5. The van der Waals surface area contributed by atoms with Gasteiger partial charge in [-0.1, -0.05) is 18.2 Å². The summed E-state index contributed by atoms with van der Waals surface area (Å²) in [4.78, 5) is 0. The average molecular weight is 271 g/mol. The summed E-state index contributed by atoms with van der Waals surface area (Å²) in [5.74, 6) is 0.642. The van der Waals surface area contributed by atoms with Gasteiger partial charge in [0.2, 0.25) is 0 Å². The van der Waals surface area contributed by atoms with Crippen molar-refractivity contribution in [2.24, 2.45) is 0 Å². The second-order valence-electron chi connectivity index (χ2n) is 5.19. The predicted molar refractivity (Wildman–Crippen MR) is 78.2 cm³/mol. The standard InChI is InChI=1S/C17H18FNO/c1-20-16-7-2-12(3-8-16)17-9-4-14(18)10-13(17)11-19-15-5-6-15/h2-4,7-10,15,19H,5-6,11H2,1H3. The van der Waals surface area contributed by atoms with Crippen molar-refractivity contribution in [3.8, 4) is 16.9 Å². The van der Waals surface area contributed by atoms with E-state index in [0.29, 0.717) is 12.6 Å². The molecule has 1 aliphatic rings. The molecule has 1 aliphatic carbocycles. The molecule has 2 aromatic rings. The molecular formula is C17H18FNO. The molecule has 2 aromatic carbocycles. The number of methoxy groups -OCH3 is 1. The van der Waals surface area contributed by atoms with Crippen LogP contribution >= 0.6 is 0 Å². The van der Waals surface area contributed by atoms with Gasteiger partial charge >= 0.3 is 0 Å². The lowest BCUT2D eigenvalue weighted by Crippen LogP contribution is -2.16. The summed E-state index contributed by atoms with van der Waals surface area (Å²) in [5.41, 5.74) is 3.16. The molecule has 0 aromatic heterocycles. The quantitative estimate of drug-likeness (QED) is 0.894. The zero-order chi connectivity index (χ0) is 13.9. The minimum Gasteiger partial charge on any atom is -0.497 e. The predicted octanol–water partition coefficient (Wildman–Crippen LogP) is 3.75. The Labute approximate surface area is 118 Å². The Kier molecular flexibility index (Phi) is 3.70. The first-order chi connectivity index (χ1) is 9.76. The van der Waals surface area contributed by atoms with Crippen LogP contribution in [-0.4, -0.2) is 13.2 Å². The van der Waals surface area contributed by atoms with Gasteiger partial charge in [-0.2, -0.15) is 0 Å². The van der Waals surface area contributed by atoms with Gasteiger partial charge in [-0.25, -0.2) is 4.39 Å². The molecule has 0 saturated heterocycles. The van der Waals surface area contributed by atoms with Crippen LogP contribution in [0.4, 0.5) is 4.39 Å². The van der Waals surface area contributed by atoms with E-state index in [1.807, 2.05) is 30.3 Å². The molecule has 1 saturated carbocycles. The second-order valence-corrected chi connectivity index (χ2v) is 5.19. The van der Waals surface area contributed by atoms with Crippen LogP contribution in [0.5, 0.6) is 5.75 Å². The van der Waals surface area contributed by atoms with Crippen LogP contribution in [0.1, 0.15) is 18.4 Å². The van der Waals surface area contributed by atoms with Gasteiger partial charge in [0.25, 0.3) is 0 Å². The summed E-state index contributed by atoms with van der Waals surface area (Å²) in [7, 11) is 1.65. The molecule has 3 rings (SSSR count). The van der Waals surface area contributed by atoms with E-state index in [9.17, 15) is 4.39 Å². The van der Waals surface area contributed by atoms with Gasteiger partial charge in [0.15, 0.2) is 0 Å². The Bertz CT molecular complexity index is 590. The number of hydrogen-bond donors (Lipinski definition) is 1. The molecule has 3 heteroatoms. The Morgan fingerprint density at radius 2 is 1.90 bits per heavy atom. The fraction of sp³-hybridized carbons (Fsp3) is 0.294. The van der Waals surface area contributed by atoms with Crippen molar-refractivity contribution in [2.45, 2.75) is 25.4 Å². The molecule has 1 fully saturated rings. The van der Waals surface area contributed by atoms with Crippen molar-refractivity contribution < 1.29 is 9.13 Å². The van der Waals surface area contributed by atoms with E-state index in [-0.39, 0.29) is 5.82 Å². The molecule has 1 N–H and O–H groups in total. The zero-order valence-corrected chi connectivity index (χ0v) is 11.5. The van der Waals surface area contributed by atoms with Crippen molar-refractivity contribution in [2.75, 3.05) is 7.11 Å². The highest BCUT2D eigenvalue weighted by atomic mass is 19.1. The zero-order valence-electron chi connectivity index (χ0n) is 11.5. The summed E-state index contributed by atoms with van der Waals surface area (Å²) in [5, 5.41) is 3.44. The Hall–Kier alpha value is -1.87. The Morgan fingerprint density at radius 3 is 2.55 bits per heavy atom. The summed E-state index contributed by atoms with van der Waals surface area (Å²) in [6.45, 7) is 0.712. The van der Waals surface area contributed by atoms with Gasteiger partial charge in [-0.3, -0.25) is 0 Å². The summed E-state index contributed by atoms with van der Waals surface area (Å²) >= 11 is 0. The van der Waals surface area contributed by atoms with E-state index in [1.165, 1.54) is 18.9 Å². The van der Waals surface area contributed by atoms with E-state index in [1.54, 1.807) is 13.2 Å². The third-order valence-corrected chi connectivity index (χ3v) is 3.63. The van der Waals surface area contributed by atoms with Crippen LogP contribution in [0.2, 0.25) is 0 Å². The number of nitrogens with one attached hydrogen (secondary N) is 1. The molecule has 104 valence electrons. The van der Waals surface area contributed by atoms with Gasteiger partial charge < -0.3 is 10.1 Å². The molecule has 0 radical (unpaired) electrons. The van der Waals surface area contributed by atoms with Crippen LogP contribution in [0.3, 0.4) is 0 Å².